The van der Waals surface area contributed by atoms with Crippen LogP contribution in [0.5, 0.6) is 0 Å². The number of hydrogen-bond donors (Lipinski definition) is 1. The maximum atomic E-state index is 13.4. The minimum atomic E-state index is -0.292. The van der Waals surface area contributed by atoms with Crippen molar-refractivity contribution in [2.75, 3.05) is 31.1 Å². The van der Waals surface area contributed by atoms with E-state index in [0.29, 0.717) is 26.2 Å². The monoisotopic (exact) mass is 279 g/mol. The SMILES string of the molecule is CC(N)c1cc(F)ccc1N1CCO[C@@H](CN=[N+]=[N-])C1. The van der Waals surface area contributed by atoms with Crippen LogP contribution in [0, 0.1) is 5.82 Å². The molecule has 0 radical (unpaired) electrons. The van der Waals surface area contributed by atoms with E-state index in [0.717, 1.165) is 11.3 Å². The number of benzene rings is 1. The highest BCUT2D eigenvalue weighted by Crippen LogP contribution is 2.27. The molecule has 0 amide bonds. The topological polar surface area (TPSA) is 87.2 Å². The van der Waals surface area contributed by atoms with Crippen LogP contribution in [0.1, 0.15) is 18.5 Å². The molecule has 1 aromatic rings. The molecule has 1 aromatic carbocycles. The van der Waals surface area contributed by atoms with Crippen molar-refractivity contribution in [3.8, 4) is 0 Å². The Balaban J connectivity index is 2.20. The Bertz CT molecular complexity index is 515. The summed E-state index contributed by atoms with van der Waals surface area (Å²) in [5.74, 6) is -0.292. The van der Waals surface area contributed by atoms with Crippen LogP contribution in [0.3, 0.4) is 0 Å². The Morgan fingerprint density at radius 1 is 1.65 bits per heavy atom. The van der Waals surface area contributed by atoms with Gasteiger partial charge < -0.3 is 15.4 Å². The fourth-order valence-electron chi connectivity index (χ4n) is 2.35. The van der Waals surface area contributed by atoms with Gasteiger partial charge >= 0.3 is 0 Å². The van der Waals surface area contributed by atoms with Gasteiger partial charge in [-0.3, -0.25) is 0 Å². The van der Waals surface area contributed by atoms with Gasteiger partial charge in [0.15, 0.2) is 0 Å². The molecule has 2 atom stereocenters. The van der Waals surface area contributed by atoms with Crippen molar-refractivity contribution in [1.82, 2.24) is 0 Å². The van der Waals surface area contributed by atoms with Crippen molar-refractivity contribution in [2.45, 2.75) is 19.1 Å². The van der Waals surface area contributed by atoms with Gasteiger partial charge in [0.25, 0.3) is 0 Å². The summed E-state index contributed by atoms with van der Waals surface area (Å²) in [6.45, 7) is 3.97. The van der Waals surface area contributed by atoms with E-state index >= 15 is 0 Å². The lowest BCUT2D eigenvalue weighted by atomic mass is 10.0. The second-order valence-corrected chi connectivity index (χ2v) is 4.84. The second-order valence-electron chi connectivity index (χ2n) is 4.84. The molecular weight excluding hydrogens is 261 g/mol. The lowest BCUT2D eigenvalue weighted by Gasteiger charge is -2.35. The number of halogens is 1. The fraction of sp³-hybridized carbons (Fsp3) is 0.538. The van der Waals surface area contributed by atoms with Crippen molar-refractivity contribution in [3.05, 3.63) is 40.0 Å². The fourth-order valence-corrected chi connectivity index (χ4v) is 2.35. The average Bonchev–Trinajstić information content (AvgIpc) is 2.45. The summed E-state index contributed by atoms with van der Waals surface area (Å²) in [5.41, 5.74) is 16.0. The molecule has 2 rings (SSSR count). The van der Waals surface area contributed by atoms with Gasteiger partial charge in [0.2, 0.25) is 0 Å². The van der Waals surface area contributed by atoms with Crippen LogP contribution in [0.25, 0.3) is 10.4 Å². The Morgan fingerprint density at radius 3 is 3.15 bits per heavy atom. The number of morpholine rings is 1. The van der Waals surface area contributed by atoms with Crippen molar-refractivity contribution < 1.29 is 9.13 Å². The predicted octanol–water partition coefficient (Wildman–Crippen LogP) is 2.36. The van der Waals surface area contributed by atoms with Crippen molar-refractivity contribution in [1.29, 1.82) is 0 Å². The molecule has 0 saturated carbocycles. The molecule has 1 aliphatic heterocycles. The Morgan fingerprint density at radius 2 is 2.45 bits per heavy atom. The average molecular weight is 279 g/mol. The quantitative estimate of drug-likeness (QED) is 0.521. The number of hydrogen-bond acceptors (Lipinski definition) is 4. The first kappa shape index (κ1) is 14.6. The zero-order valence-electron chi connectivity index (χ0n) is 11.4. The predicted molar refractivity (Wildman–Crippen MR) is 75.0 cm³/mol. The molecule has 1 heterocycles. The molecule has 1 unspecified atom stereocenters. The standard InChI is InChI=1S/C13H18FN5O/c1-9(15)12-6-10(14)2-3-13(12)19-4-5-20-11(8-19)7-17-18-16/h2-3,6,9,11H,4-5,7-8,15H2,1H3/t9?,11-/m0/s1. The molecule has 0 bridgehead atoms. The molecule has 0 aliphatic carbocycles. The first-order chi connectivity index (χ1) is 9.61. The third-order valence-electron chi connectivity index (χ3n) is 3.31. The van der Waals surface area contributed by atoms with E-state index in [1.165, 1.54) is 12.1 Å². The van der Waals surface area contributed by atoms with Gasteiger partial charge in [-0.1, -0.05) is 5.11 Å². The number of nitrogens with two attached hydrogens (primary N) is 1. The highest BCUT2D eigenvalue weighted by Gasteiger charge is 2.22. The zero-order chi connectivity index (χ0) is 14.5. The zero-order valence-corrected chi connectivity index (χ0v) is 11.4. The van der Waals surface area contributed by atoms with Gasteiger partial charge in [0, 0.05) is 29.7 Å². The minimum Gasteiger partial charge on any atom is -0.374 e. The third kappa shape index (κ3) is 3.39. The molecule has 0 spiro atoms. The van der Waals surface area contributed by atoms with E-state index in [1.807, 2.05) is 6.92 Å². The maximum absolute atomic E-state index is 13.4. The first-order valence-electron chi connectivity index (χ1n) is 6.54. The Labute approximate surface area is 116 Å². The number of ether oxygens (including phenoxy) is 1. The molecule has 2 N–H and O–H groups in total. The highest BCUT2D eigenvalue weighted by molar-refractivity contribution is 5.55. The largest absolute Gasteiger partial charge is 0.374 e. The van der Waals surface area contributed by atoms with Gasteiger partial charge in [0.1, 0.15) is 5.82 Å². The molecular formula is C13H18FN5O. The van der Waals surface area contributed by atoms with Crippen LogP contribution in [-0.4, -0.2) is 32.3 Å². The van der Waals surface area contributed by atoms with Crippen LogP contribution < -0.4 is 10.6 Å². The molecule has 20 heavy (non-hydrogen) atoms. The normalized spacial score (nSPS) is 20.4. The van der Waals surface area contributed by atoms with E-state index in [2.05, 4.69) is 14.9 Å². The summed E-state index contributed by atoms with van der Waals surface area (Å²) < 4.78 is 18.9. The first-order valence-corrected chi connectivity index (χ1v) is 6.54. The van der Waals surface area contributed by atoms with E-state index in [-0.39, 0.29) is 18.0 Å². The summed E-state index contributed by atoms with van der Waals surface area (Å²) in [4.78, 5) is 4.84. The summed E-state index contributed by atoms with van der Waals surface area (Å²) in [6, 6.07) is 4.39. The van der Waals surface area contributed by atoms with Crippen molar-refractivity contribution in [2.24, 2.45) is 10.8 Å². The van der Waals surface area contributed by atoms with Crippen molar-refractivity contribution >= 4 is 5.69 Å². The molecule has 1 saturated heterocycles. The summed E-state index contributed by atoms with van der Waals surface area (Å²) >= 11 is 0. The summed E-state index contributed by atoms with van der Waals surface area (Å²) in [6.07, 6.45) is -0.148. The summed E-state index contributed by atoms with van der Waals surface area (Å²) in [5, 5.41) is 3.54. The minimum absolute atomic E-state index is 0.148. The number of rotatable bonds is 4. The van der Waals surface area contributed by atoms with Gasteiger partial charge in [-0.25, -0.2) is 4.39 Å². The number of nitrogens with zero attached hydrogens (tertiary/aromatic N) is 4. The van der Waals surface area contributed by atoms with Crippen molar-refractivity contribution in [3.63, 3.8) is 0 Å². The third-order valence-corrected chi connectivity index (χ3v) is 3.31. The van der Waals surface area contributed by atoms with E-state index in [1.54, 1.807) is 6.07 Å². The molecule has 1 fully saturated rings. The smallest absolute Gasteiger partial charge is 0.123 e. The van der Waals surface area contributed by atoms with Crippen LogP contribution in [0.2, 0.25) is 0 Å². The molecule has 7 heteroatoms. The van der Waals surface area contributed by atoms with E-state index < -0.39 is 0 Å². The van der Waals surface area contributed by atoms with Crippen LogP contribution in [0.4, 0.5) is 10.1 Å². The maximum Gasteiger partial charge on any atom is 0.123 e. The summed E-state index contributed by atoms with van der Waals surface area (Å²) in [7, 11) is 0. The Kier molecular flexibility index (Phi) is 4.79. The van der Waals surface area contributed by atoms with Gasteiger partial charge in [-0.15, -0.1) is 0 Å². The molecule has 1 aliphatic rings. The lowest BCUT2D eigenvalue weighted by molar-refractivity contribution is 0.0465. The van der Waals surface area contributed by atoms with Gasteiger partial charge in [-0.05, 0) is 36.2 Å². The van der Waals surface area contributed by atoms with Crippen LogP contribution in [-0.2, 0) is 4.74 Å². The Hall–Kier alpha value is -1.82. The van der Waals surface area contributed by atoms with Gasteiger partial charge in [0.05, 0.1) is 19.3 Å². The van der Waals surface area contributed by atoms with E-state index in [4.69, 9.17) is 16.0 Å². The molecule has 108 valence electrons. The number of anilines is 1. The van der Waals surface area contributed by atoms with Crippen LogP contribution in [0.15, 0.2) is 23.3 Å². The highest BCUT2D eigenvalue weighted by atomic mass is 19.1. The number of azide groups is 1. The lowest BCUT2D eigenvalue weighted by Crippen LogP contribution is -2.44. The molecule has 6 nitrogen and oxygen atoms in total. The van der Waals surface area contributed by atoms with E-state index in [9.17, 15) is 4.39 Å². The van der Waals surface area contributed by atoms with Crippen LogP contribution >= 0.6 is 0 Å². The second kappa shape index (κ2) is 6.56. The molecule has 0 aromatic heterocycles. The van der Waals surface area contributed by atoms with Gasteiger partial charge in [-0.2, -0.15) is 0 Å².